The molecule has 0 unspecified atom stereocenters. The Kier molecular flexibility index (Phi) is 4.73. The number of carbonyl (C=O) groups is 1. The number of nitrogens with two attached hydrogens (primary N) is 1. The smallest absolute Gasteiger partial charge is 0.335 e. The Bertz CT molecular complexity index is 521. The monoisotopic (exact) mass is 293 g/mol. The molecule has 0 spiro atoms. The summed E-state index contributed by atoms with van der Waals surface area (Å²) in [6.45, 7) is 0.482. The number of rotatable bonds is 5. The van der Waals surface area contributed by atoms with Crippen molar-refractivity contribution in [3.05, 3.63) is 23.3 Å². The Balaban J connectivity index is 2.63. The number of methoxy groups -OCH3 is 2. The highest BCUT2D eigenvalue weighted by Gasteiger charge is 2.36. The van der Waals surface area contributed by atoms with Crippen molar-refractivity contribution in [1.29, 1.82) is 0 Å². The highest BCUT2D eigenvalue weighted by Crippen LogP contribution is 2.46. The quantitative estimate of drug-likeness (QED) is 0.872. The standard InChI is InChI=1S/C16H23NO4/c1-20-13-9-11(15(18)19)8-12(14(13)21-2)16(10-17)6-4-3-5-7-16/h8-9H,3-7,10,17H2,1-2H3,(H,18,19). The van der Waals surface area contributed by atoms with Crippen LogP contribution in [0.5, 0.6) is 11.5 Å². The van der Waals surface area contributed by atoms with Crippen LogP contribution in [0.2, 0.25) is 0 Å². The van der Waals surface area contributed by atoms with Crippen molar-refractivity contribution in [2.45, 2.75) is 37.5 Å². The zero-order chi connectivity index (χ0) is 15.5. The van der Waals surface area contributed by atoms with Gasteiger partial charge in [-0.1, -0.05) is 19.3 Å². The van der Waals surface area contributed by atoms with E-state index in [4.69, 9.17) is 15.2 Å². The molecule has 1 aliphatic carbocycles. The van der Waals surface area contributed by atoms with Crippen molar-refractivity contribution in [2.75, 3.05) is 20.8 Å². The van der Waals surface area contributed by atoms with Gasteiger partial charge in [0.2, 0.25) is 0 Å². The molecule has 1 saturated carbocycles. The summed E-state index contributed by atoms with van der Waals surface area (Å²) in [5, 5.41) is 9.32. The normalized spacial score (nSPS) is 17.3. The molecule has 1 aliphatic rings. The second kappa shape index (κ2) is 6.35. The molecule has 5 nitrogen and oxygen atoms in total. The van der Waals surface area contributed by atoms with E-state index in [1.165, 1.54) is 19.6 Å². The minimum atomic E-state index is -0.972. The van der Waals surface area contributed by atoms with E-state index in [-0.39, 0.29) is 11.0 Å². The first kappa shape index (κ1) is 15.6. The van der Waals surface area contributed by atoms with Crippen LogP contribution in [0.1, 0.15) is 48.0 Å². The Morgan fingerprint density at radius 2 is 1.90 bits per heavy atom. The van der Waals surface area contributed by atoms with Crippen LogP contribution in [0.25, 0.3) is 0 Å². The summed E-state index contributed by atoms with van der Waals surface area (Å²) in [4.78, 5) is 11.4. The fourth-order valence-electron chi connectivity index (χ4n) is 3.29. The van der Waals surface area contributed by atoms with Gasteiger partial charge in [0.25, 0.3) is 0 Å². The summed E-state index contributed by atoms with van der Waals surface area (Å²) < 4.78 is 10.8. The van der Waals surface area contributed by atoms with Gasteiger partial charge in [0.1, 0.15) is 0 Å². The van der Waals surface area contributed by atoms with E-state index in [0.717, 1.165) is 31.2 Å². The average molecular weight is 293 g/mol. The van der Waals surface area contributed by atoms with Crippen LogP contribution in [0.15, 0.2) is 12.1 Å². The molecule has 116 valence electrons. The van der Waals surface area contributed by atoms with Crippen molar-refractivity contribution in [3.63, 3.8) is 0 Å². The molecule has 1 aromatic rings. The predicted octanol–water partition coefficient (Wildman–Crippen LogP) is 2.56. The number of ether oxygens (including phenoxy) is 2. The summed E-state index contributed by atoms with van der Waals surface area (Å²) in [6, 6.07) is 3.19. The van der Waals surface area contributed by atoms with Crippen LogP contribution in [-0.2, 0) is 5.41 Å². The third kappa shape index (κ3) is 2.83. The molecule has 0 aromatic heterocycles. The number of carboxylic acid groups (broad SMARTS) is 1. The molecular formula is C16H23NO4. The third-order valence-electron chi connectivity index (χ3n) is 4.50. The lowest BCUT2D eigenvalue weighted by Crippen LogP contribution is -2.37. The molecule has 2 rings (SSSR count). The molecule has 0 heterocycles. The first-order valence-electron chi connectivity index (χ1n) is 7.28. The van der Waals surface area contributed by atoms with E-state index in [1.54, 1.807) is 13.2 Å². The van der Waals surface area contributed by atoms with Crippen LogP contribution in [0, 0.1) is 0 Å². The van der Waals surface area contributed by atoms with Gasteiger partial charge in [-0.3, -0.25) is 0 Å². The Morgan fingerprint density at radius 1 is 1.24 bits per heavy atom. The summed E-state index contributed by atoms with van der Waals surface area (Å²) in [5.74, 6) is 0.0841. The van der Waals surface area contributed by atoms with Gasteiger partial charge in [-0.15, -0.1) is 0 Å². The van der Waals surface area contributed by atoms with Crippen LogP contribution < -0.4 is 15.2 Å². The van der Waals surface area contributed by atoms with Gasteiger partial charge in [-0.05, 0) is 25.0 Å². The molecule has 1 fully saturated rings. The first-order valence-corrected chi connectivity index (χ1v) is 7.28. The number of aromatic carboxylic acids is 1. The van der Waals surface area contributed by atoms with Crippen LogP contribution in [-0.4, -0.2) is 31.8 Å². The molecule has 5 heteroatoms. The fourth-order valence-corrected chi connectivity index (χ4v) is 3.29. The summed E-state index contributed by atoms with van der Waals surface area (Å²) in [6.07, 6.45) is 5.29. The van der Waals surface area contributed by atoms with E-state index < -0.39 is 5.97 Å². The molecule has 0 aliphatic heterocycles. The molecule has 21 heavy (non-hydrogen) atoms. The predicted molar refractivity (Wildman–Crippen MR) is 80.3 cm³/mol. The molecule has 0 amide bonds. The van der Waals surface area contributed by atoms with Crippen LogP contribution >= 0.6 is 0 Å². The molecule has 1 aromatic carbocycles. The summed E-state index contributed by atoms with van der Waals surface area (Å²) in [5.41, 5.74) is 6.92. The maximum Gasteiger partial charge on any atom is 0.335 e. The molecule has 3 N–H and O–H groups in total. The zero-order valence-corrected chi connectivity index (χ0v) is 12.6. The van der Waals surface area contributed by atoms with Gasteiger partial charge in [-0.25, -0.2) is 4.79 Å². The Hall–Kier alpha value is -1.75. The first-order chi connectivity index (χ1) is 10.1. The Morgan fingerprint density at radius 3 is 2.38 bits per heavy atom. The topological polar surface area (TPSA) is 81.8 Å². The summed E-state index contributed by atoms with van der Waals surface area (Å²) >= 11 is 0. The number of hydrogen-bond donors (Lipinski definition) is 2. The molecular weight excluding hydrogens is 270 g/mol. The second-order valence-corrected chi connectivity index (χ2v) is 5.61. The molecule has 0 atom stereocenters. The Labute approximate surface area is 125 Å². The van der Waals surface area contributed by atoms with E-state index in [1.807, 2.05) is 0 Å². The molecule has 0 saturated heterocycles. The van der Waals surface area contributed by atoms with E-state index in [2.05, 4.69) is 0 Å². The van der Waals surface area contributed by atoms with Crippen LogP contribution in [0.3, 0.4) is 0 Å². The van der Waals surface area contributed by atoms with Crippen LogP contribution in [0.4, 0.5) is 0 Å². The second-order valence-electron chi connectivity index (χ2n) is 5.61. The maximum atomic E-state index is 11.4. The maximum absolute atomic E-state index is 11.4. The fraction of sp³-hybridized carbons (Fsp3) is 0.562. The van der Waals surface area contributed by atoms with Gasteiger partial charge in [0.15, 0.2) is 11.5 Å². The lowest BCUT2D eigenvalue weighted by atomic mass is 9.69. The van der Waals surface area contributed by atoms with Gasteiger partial charge >= 0.3 is 5.97 Å². The highest BCUT2D eigenvalue weighted by atomic mass is 16.5. The van der Waals surface area contributed by atoms with E-state index in [9.17, 15) is 9.90 Å². The minimum Gasteiger partial charge on any atom is -0.493 e. The van der Waals surface area contributed by atoms with Gasteiger partial charge < -0.3 is 20.3 Å². The average Bonchev–Trinajstić information content (AvgIpc) is 2.53. The number of benzene rings is 1. The van der Waals surface area contributed by atoms with Crippen molar-refractivity contribution >= 4 is 5.97 Å². The van der Waals surface area contributed by atoms with Crippen molar-refractivity contribution < 1.29 is 19.4 Å². The minimum absolute atomic E-state index is 0.209. The lowest BCUT2D eigenvalue weighted by Gasteiger charge is -2.38. The van der Waals surface area contributed by atoms with Gasteiger partial charge in [-0.2, -0.15) is 0 Å². The van der Waals surface area contributed by atoms with Crippen molar-refractivity contribution in [3.8, 4) is 11.5 Å². The van der Waals surface area contributed by atoms with E-state index in [0.29, 0.717) is 18.0 Å². The summed E-state index contributed by atoms with van der Waals surface area (Å²) in [7, 11) is 3.10. The third-order valence-corrected chi connectivity index (χ3v) is 4.50. The highest BCUT2D eigenvalue weighted by molar-refractivity contribution is 5.89. The van der Waals surface area contributed by atoms with Crippen molar-refractivity contribution in [1.82, 2.24) is 0 Å². The number of hydrogen-bond acceptors (Lipinski definition) is 4. The van der Waals surface area contributed by atoms with Crippen molar-refractivity contribution in [2.24, 2.45) is 5.73 Å². The van der Waals surface area contributed by atoms with E-state index >= 15 is 0 Å². The zero-order valence-electron chi connectivity index (χ0n) is 12.6. The SMILES string of the molecule is COc1cc(C(=O)O)cc(C2(CN)CCCCC2)c1OC. The lowest BCUT2D eigenvalue weighted by molar-refractivity contribution is 0.0696. The van der Waals surface area contributed by atoms with Gasteiger partial charge in [0.05, 0.1) is 19.8 Å². The number of carboxylic acids is 1. The molecule has 0 radical (unpaired) electrons. The molecule has 0 bridgehead atoms. The largest absolute Gasteiger partial charge is 0.493 e. The van der Waals surface area contributed by atoms with Gasteiger partial charge in [0, 0.05) is 17.5 Å².